The summed E-state index contributed by atoms with van der Waals surface area (Å²) < 4.78 is 5.22. The molecule has 1 aromatic heterocycles. The monoisotopic (exact) mass is 263 g/mol. The summed E-state index contributed by atoms with van der Waals surface area (Å²) in [7, 11) is 1.54. The Labute approximate surface area is 116 Å². The van der Waals surface area contributed by atoms with Crippen molar-refractivity contribution in [1.82, 2.24) is 4.98 Å². The molecule has 0 radical (unpaired) electrons. The number of ether oxygens (including phenoxy) is 1. The van der Waals surface area contributed by atoms with Crippen LogP contribution in [0.4, 0.5) is 0 Å². The molecule has 0 saturated carbocycles. The van der Waals surface area contributed by atoms with Gasteiger partial charge in [-0.2, -0.15) is 0 Å². The zero-order valence-electron chi connectivity index (χ0n) is 11.0. The minimum atomic E-state index is -0.126. The highest BCUT2D eigenvalue weighted by Crippen LogP contribution is 2.24. The number of methoxy groups -OCH3 is 1. The lowest BCUT2D eigenvalue weighted by atomic mass is 9.99. The number of hydrogen-bond acceptors (Lipinski definition) is 3. The molecule has 3 nitrogen and oxygen atoms in total. The molecule has 0 aliphatic carbocycles. The summed E-state index contributed by atoms with van der Waals surface area (Å²) in [5.74, 6) is 0.365. The van der Waals surface area contributed by atoms with Crippen LogP contribution in [0.3, 0.4) is 0 Å². The molecule has 0 saturated heterocycles. The summed E-state index contributed by atoms with van der Waals surface area (Å²) >= 11 is 0. The van der Waals surface area contributed by atoms with Crippen LogP contribution < -0.4 is 4.74 Å². The first-order valence-electron chi connectivity index (χ1n) is 6.33. The summed E-state index contributed by atoms with van der Waals surface area (Å²) in [4.78, 5) is 16.9. The van der Waals surface area contributed by atoms with Gasteiger partial charge < -0.3 is 4.74 Å². The lowest BCUT2D eigenvalue weighted by molar-refractivity contribution is 0.103. The van der Waals surface area contributed by atoms with Crippen LogP contribution >= 0.6 is 0 Å². The molecular formula is C17H13NO2. The maximum absolute atomic E-state index is 12.7. The fraction of sp³-hybridized carbons (Fsp3) is 0.0588. The normalized spacial score (nSPS) is 10.4. The Morgan fingerprint density at radius 2 is 1.80 bits per heavy atom. The van der Waals surface area contributed by atoms with Crippen LogP contribution in [0.15, 0.2) is 60.8 Å². The minimum absolute atomic E-state index is 0.126. The molecule has 98 valence electrons. The Morgan fingerprint density at radius 3 is 2.65 bits per heavy atom. The van der Waals surface area contributed by atoms with Crippen molar-refractivity contribution in [3.63, 3.8) is 0 Å². The van der Waals surface area contributed by atoms with E-state index in [1.807, 2.05) is 42.5 Å². The van der Waals surface area contributed by atoms with E-state index >= 15 is 0 Å². The third-order valence-corrected chi connectivity index (χ3v) is 3.24. The fourth-order valence-electron chi connectivity index (χ4n) is 2.28. The van der Waals surface area contributed by atoms with Crippen molar-refractivity contribution in [2.75, 3.05) is 7.11 Å². The Hall–Kier alpha value is -2.68. The topological polar surface area (TPSA) is 39.2 Å². The molecular weight excluding hydrogens is 250 g/mol. The van der Waals surface area contributed by atoms with Gasteiger partial charge in [-0.15, -0.1) is 0 Å². The first kappa shape index (κ1) is 12.4. The van der Waals surface area contributed by atoms with Gasteiger partial charge in [-0.3, -0.25) is 4.79 Å². The average molecular weight is 263 g/mol. The van der Waals surface area contributed by atoms with Crippen LogP contribution in [-0.2, 0) is 0 Å². The number of ketones is 1. The second kappa shape index (κ2) is 5.13. The maximum Gasteiger partial charge on any atom is 0.215 e. The lowest BCUT2D eigenvalue weighted by Gasteiger charge is -2.08. The first-order valence-corrected chi connectivity index (χ1v) is 6.33. The highest BCUT2D eigenvalue weighted by molar-refractivity contribution is 6.16. The van der Waals surface area contributed by atoms with E-state index in [-0.39, 0.29) is 5.78 Å². The number of aromatic nitrogens is 1. The van der Waals surface area contributed by atoms with Crippen molar-refractivity contribution >= 4 is 16.6 Å². The predicted octanol–water partition coefficient (Wildman–Crippen LogP) is 3.47. The maximum atomic E-state index is 12.7. The van der Waals surface area contributed by atoms with Gasteiger partial charge in [0.05, 0.1) is 7.11 Å². The molecule has 0 N–H and O–H groups in total. The van der Waals surface area contributed by atoms with Crippen LogP contribution in [0.5, 0.6) is 5.75 Å². The molecule has 0 aliphatic rings. The van der Waals surface area contributed by atoms with Crippen molar-refractivity contribution in [1.29, 1.82) is 0 Å². The summed E-state index contributed by atoms with van der Waals surface area (Å²) in [6.07, 6.45) is 1.60. The van der Waals surface area contributed by atoms with E-state index in [0.29, 0.717) is 17.0 Å². The SMILES string of the molecule is COc1cccnc1C(=O)c1cccc2ccccc12. The highest BCUT2D eigenvalue weighted by Gasteiger charge is 2.17. The third-order valence-electron chi connectivity index (χ3n) is 3.24. The Kier molecular flexibility index (Phi) is 3.17. The van der Waals surface area contributed by atoms with Crippen LogP contribution in [0.2, 0.25) is 0 Å². The quantitative estimate of drug-likeness (QED) is 0.679. The number of hydrogen-bond donors (Lipinski definition) is 0. The van der Waals surface area contributed by atoms with E-state index in [4.69, 9.17) is 4.74 Å². The third kappa shape index (κ3) is 2.03. The Balaban J connectivity index is 2.18. The van der Waals surface area contributed by atoms with Crippen molar-refractivity contribution < 1.29 is 9.53 Å². The van der Waals surface area contributed by atoms with Crippen molar-refractivity contribution in [2.45, 2.75) is 0 Å². The van der Waals surface area contributed by atoms with E-state index in [1.54, 1.807) is 18.3 Å². The average Bonchev–Trinajstić information content (AvgIpc) is 2.53. The highest BCUT2D eigenvalue weighted by atomic mass is 16.5. The van der Waals surface area contributed by atoms with Gasteiger partial charge in [-0.05, 0) is 22.9 Å². The lowest BCUT2D eigenvalue weighted by Crippen LogP contribution is -2.07. The molecule has 0 spiro atoms. The number of benzene rings is 2. The van der Waals surface area contributed by atoms with Crippen molar-refractivity contribution in [3.05, 3.63) is 72.1 Å². The van der Waals surface area contributed by atoms with Crippen LogP contribution in [0.25, 0.3) is 10.8 Å². The molecule has 0 atom stereocenters. The molecule has 0 fully saturated rings. The molecule has 3 heteroatoms. The van der Waals surface area contributed by atoms with Gasteiger partial charge in [-0.25, -0.2) is 4.98 Å². The van der Waals surface area contributed by atoms with Gasteiger partial charge in [-0.1, -0.05) is 42.5 Å². The standard InChI is InChI=1S/C17H13NO2/c1-20-15-10-5-11-18-16(15)17(19)14-9-4-7-12-6-2-3-8-13(12)14/h2-11H,1H3. The summed E-state index contributed by atoms with van der Waals surface area (Å²) in [5, 5.41) is 1.96. The smallest absolute Gasteiger partial charge is 0.215 e. The molecule has 3 aromatic rings. The zero-order valence-corrected chi connectivity index (χ0v) is 11.0. The van der Waals surface area contributed by atoms with E-state index in [0.717, 1.165) is 10.8 Å². The molecule has 0 amide bonds. The molecule has 0 bridgehead atoms. The van der Waals surface area contributed by atoms with Gasteiger partial charge in [0.2, 0.25) is 5.78 Å². The van der Waals surface area contributed by atoms with Gasteiger partial charge >= 0.3 is 0 Å². The number of nitrogens with zero attached hydrogens (tertiary/aromatic N) is 1. The van der Waals surface area contributed by atoms with Crippen LogP contribution in [0, 0.1) is 0 Å². The Morgan fingerprint density at radius 1 is 1.00 bits per heavy atom. The summed E-state index contributed by atoms with van der Waals surface area (Å²) in [5.41, 5.74) is 0.978. The fourth-order valence-corrected chi connectivity index (χ4v) is 2.28. The van der Waals surface area contributed by atoms with Gasteiger partial charge in [0.15, 0.2) is 5.69 Å². The molecule has 1 heterocycles. The van der Waals surface area contributed by atoms with Crippen molar-refractivity contribution in [3.8, 4) is 5.75 Å². The largest absolute Gasteiger partial charge is 0.494 e. The zero-order chi connectivity index (χ0) is 13.9. The van der Waals surface area contributed by atoms with Crippen LogP contribution in [0.1, 0.15) is 16.1 Å². The summed E-state index contributed by atoms with van der Waals surface area (Å²) in [6, 6.07) is 17.0. The first-order chi connectivity index (χ1) is 9.81. The molecule has 3 rings (SSSR count). The van der Waals surface area contributed by atoms with Gasteiger partial charge in [0.1, 0.15) is 5.75 Å². The van der Waals surface area contributed by atoms with Gasteiger partial charge in [0, 0.05) is 11.8 Å². The molecule has 2 aromatic carbocycles. The van der Waals surface area contributed by atoms with E-state index in [1.165, 1.54) is 7.11 Å². The Bertz CT molecular complexity index is 775. The predicted molar refractivity (Wildman–Crippen MR) is 78.2 cm³/mol. The second-order valence-corrected chi connectivity index (χ2v) is 4.41. The molecule has 0 unspecified atom stereocenters. The number of carbonyl (C=O) groups is 1. The number of carbonyl (C=O) groups excluding carboxylic acids is 1. The van der Waals surface area contributed by atoms with Crippen LogP contribution in [-0.4, -0.2) is 17.9 Å². The molecule has 0 aliphatic heterocycles. The van der Waals surface area contributed by atoms with E-state index < -0.39 is 0 Å². The molecule has 20 heavy (non-hydrogen) atoms. The number of rotatable bonds is 3. The van der Waals surface area contributed by atoms with Gasteiger partial charge in [0.25, 0.3) is 0 Å². The van der Waals surface area contributed by atoms with E-state index in [9.17, 15) is 4.79 Å². The summed E-state index contributed by atoms with van der Waals surface area (Å²) in [6.45, 7) is 0. The van der Waals surface area contributed by atoms with E-state index in [2.05, 4.69) is 4.98 Å². The van der Waals surface area contributed by atoms with Crippen molar-refractivity contribution in [2.24, 2.45) is 0 Å². The minimum Gasteiger partial charge on any atom is -0.494 e. The number of fused-ring (bicyclic) bond motifs is 1. The number of pyridine rings is 1. The second-order valence-electron chi connectivity index (χ2n) is 4.41.